The standard InChI is InChI=1S/C25H27ClN5O6PS.C22H29BrN5O6PS.C20H25BrN5O6PS.C19H23BrN5O6PS.3CH4/c1-17-5-7-19(8-6-17)24(33)39-12-11-36-38(34,37-14-18-3-2-4-20(26)13-18)16-35-10-9-31-15-28-21-22(31)29-25(27)30-23(21)32;1-22(2,3)20(30)36-10-9-33-35(31,34-12-15-5-4-6-16(23)11-15)14-32-8-7-28-13-25-17-18(28)26-21(24)27-19(17)29;1-2-16(27)34-9-8-31-33(29,32-11-14-4-3-5-15(21)10-14)13-30-7-6-26-12-23-17-18(26)24-20(22)25-19(17)28;1-13(26)33-8-7-30-32(28,31-10-14-3-2-4-15(20)9-14)12-29-6-5-25-11-22-16-17(25)23-19(21)24-18(16)27;;;/h2-8,13,15H,9-12,14,16H2,1H3,(H3,27,29,30,32);4-6,11,13H,7-10,12,14H2,1-3H3,(H3,24,26,27,29);3-5,10,12H,2,6-9,11,13H2,1H3,(H3,22,24,25,28);2-4,9,11H,5-8,10,12H2,1H3,(H3,21,23,24,27);3*1H4. The van der Waals surface area contributed by atoms with E-state index in [1.165, 1.54) is 32.2 Å². The summed E-state index contributed by atoms with van der Waals surface area (Å²) in [7, 11) is -14.6. The van der Waals surface area contributed by atoms with E-state index in [0.29, 0.717) is 69.0 Å². The third-order valence-electron chi connectivity index (χ3n) is 18.9. The summed E-state index contributed by atoms with van der Waals surface area (Å²) < 4.78 is 130. The lowest BCUT2D eigenvalue weighted by Gasteiger charge is -2.20. The van der Waals surface area contributed by atoms with E-state index in [1.807, 2.05) is 113 Å². The van der Waals surface area contributed by atoms with E-state index in [-0.39, 0.29) is 219 Å². The molecule has 12 N–H and O–H groups in total. The Balaban J connectivity index is 0.000000261. The van der Waals surface area contributed by atoms with Crippen LogP contribution in [0, 0.1) is 12.3 Å². The first-order valence-corrected chi connectivity index (χ1v) is 56.7. The van der Waals surface area contributed by atoms with Gasteiger partial charge in [-0.2, -0.15) is 19.9 Å². The van der Waals surface area contributed by atoms with Gasteiger partial charge in [-0.1, -0.05) is 235 Å². The quantitative estimate of drug-likeness (QED) is 0.0130. The fourth-order valence-electron chi connectivity index (χ4n) is 11.9. The van der Waals surface area contributed by atoms with Gasteiger partial charge in [0.2, 0.25) is 28.9 Å². The molecule has 8 heterocycles. The number of hydrogen-bond acceptors (Lipinski definition) is 40. The molecule has 145 heavy (non-hydrogen) atoms. The molecule has 0 aliphatic heterocycles. The molecule has 44 nitrogen and oxygen atoms in total. The smallest absolute Gasteiger partial charge is 0.356 e. The largest absolute Gasteiger partial charge is 0.369 e. The number of nitrogens with one attached hydrogen (secondary N) is 4. The minimum atomic E-state index is -3.71. The van der Waals surface area contributed by atoms with Gasteiger partial charge in [0.1, 0.15) is 25.4 Å². The van der Waals surface area contributed by atoms with Crippen molar-refractivity contribution in [2.45, 2.75) is 123 Å². The Morgan fingerprint density at radius 2 is 0.697 bits per heavy atom. The van der Waals surface area contributed by atoms with Crippen molar-refractivity contribution >= 4 is 226 Å². The van der Waals surface area contributed by atoms with Crippen molar-refractivity contribution < 1.29 is 92.6 Å². The second-order valence-electron chi connectivity index (χ2n) is 31.1. The molecule has 13 aromatic rings. The second kappa shape index (κ2) is 60.6. The van der Waals surface area contributed by atoms with Crippen molar-refractivity contribution in [2.75, 3.05) is 124 Å². The number of hydrogen-bond donors (Lipinski definition) is 8. The number of aromatic nitrogens is 16. The molecule has 56 heteroatoms. The van der Waals surface area contributed by atoms with Crippen molar-refractivity contribution in [3.8, 4) is 0 Å². The molecule has 0 aliphatic rings. The molecule has 0 radical (unpaired) electrons. The predicted octanol–water partition coefficient (Wildman–Crippen LogP) is 17.4. The zero-order chi connectivity index (χ0) is 103. The fraction of sp³-hybridized carbons (Fsp3) is 0.393. The number of aryl methyl sites for hydroxylation is 1. The number of fused-ring (bicyclic) bond motifs is 4. The van der Waals surface area contributed by atoms with E-state index in [2.05, 4.69) is 108 Å². The van der Waals surface area contributed by atoms with Crippen molar-refractivity contribution in [2.24, 2.45) is 5.41 Å². The summed E-state index contributed by atoms with van der Waals surface area (Å²) in [6.07, 6.45) is 5.05. The van der Waals surface area contributed by atoms with Gasteiger partial charge in [0.25, 0.3) is 22.2 Å². The number of anilines is 4. The Bertz CT molecular complexity index is 6920. The topological polar surface area (TPSA) is 606 Å². The van der Waals surface area contributed by atoms with Crippen LogP contribution in [-0.2, 0) is 140 Å². The summed E-state index contributed by atoms with van der Waals surface area (Å²) >= 11 is 20.6. The Morgan fingerprint density at radius 1 is 0.407 bits per heavy atom. The summed E-state index contributed by atoms with van der Waals surface area (Å²) in [6.45, 7) is 12.7. The first-order valence-electron chi connectivity index (χ1n) is 43.1. The lowest BCUT2D eigenvalue weighted by Crippen LogP contribution is -2.17. The van der Waals surface area contributed by atoms with Gasteiger partial charge in [0.15, 0.2) is 60.0 Å². The first kappa shape index (κ1) is 123. The number of halogens is 4. The molecule has 4 unspecified atom stereocenters. The molecular weight excluding hydrogens is 2260 g/mol. The highest BCUT2D eigenvalue weighted by atomic mass is 79.9. The highest BCUT2D eigenvalue weighted by Gasteiger charge is 2.32. The number of nitrogens with two attached hydrogens (primary N) is 4. The molecule has 0 fully saturated rings. The predicted molar refractivity (Wildman–Crippen MR) is 577 cm³/mol. The number of rotatable bonds is 50. The van der Waals surface area contributed by atoms with Crippen molar-refractivity contribution in [1.82, 2.24) is 78.1 Å². The summed E-state index contributed by atoms with van der Waals surface area (Å²) in [6, 6.07) is 36.5. The van der Waals surface area contributed by atoms with Crippen LogP contribution in [0.5, 0.6) is 0 Å². The number of nitrogen functional groups attached to an aromatic ring is 4. The Morgan fingerprint density at radius 3 is 0.986 bits per heavy atom. The SMILES string of the molecule is C.C.C.CC(=O)SCCOP(=O)(COCCn1cnc2c(=O)[nH]c(N)nc21)OCc1cccc(Br)c1.CC(C)(C)C(=O)SCCOP(=O)(COCCn1cnc2c(=O)[nH]c(N)nc21)OCc1cccc(Br)c1.CCC(=O)SCCOP(=O)(COCCn1cnc2c(=O)[nH]c(N)nc21)OCc1cccc(Br)c1.Cc1ccc(C(=O)SCCOP(=O)(COCCn2cnc3c(=O)[nH]c(N)nc32)OCc2cccc(Cl)c2)cc1. The number of carbonyl (C=O) groups excluding carboxylic acids is 4. The van der Waals surface area contributed by atoms with E-state index >= 15 is 0 Å². The molecule has 8 aromatic heterocycles. The number of nitrogens with zero attached hydrogens (tertiary/aromatic N) is 12. The van der Waals surface area contributed by atoms with Crippen molar-refractivity contribution in [3.63, 3.8) is 0 Å². The van der Waals surface area contributed by atoms with Gasteiger partial charge >= 0.3 is 30.4 Å². The minimum absolute atomic E-state index is 0. The van der Waals surface area contributed by atoms with Gasteiger partial charge in [-0.3, -0.25) is 76.6 Å². The van der Waals surface area contributed by atoms with Crippen molar-refractivity contribution in [1.29, 1.82) is 0 Å². The number of H-pyrrole nitrogens is 4. The maximum atomic E-state index is 13.5. The molecule has 5 aromatic carbocycles. The van der Waals surface area contributed by atoms with E-state index < -0.39 is 58.0 Å². The average Bonchev–Trinajstić information content (AvgIpc) is 1.67. The van der Waals surface area contributed by atoms with Crippen LogP contribution in [0.3, 0.4) is 0 Å². The van der Waals surface area contributed by atoms with E-state index in [0.717, 1.165) is 82.7 Å². The molecule has 4 atom stereocenters. The molecule has 0 bridgehead atoms. The number of thioether (sulfide) groups is 4. The Labute approximate surface area is 881 Å². The minimum Gasteiger partial charge on any atom is -0.369 e. The number of carbonyl (C=O) groups is 4. The summed E-state index contributed by atoms with van der Waals surface area (Å²) in [5.74, 6) is 1.25. The lowest BCUT2D eigenvalue weighted by molar-refractivity contribution is -0.117. The zero-order valence-corrected chi connectivity index (χ0v) is 89.8. The fourth-order valence-corrected chi connectivity index (χ4v) is 21.7. The molecule has 0 spiro atoms. The van der Waals surface area contributed by atoms with Crippen LogP contribution in [0.2, 0.25) is 5.02 Å². The number of benzene rings is 5. The molecule has 0 aliphatic carbocycles. The van der Waals surface area contributed by atoms with Crippen LogP contribution in [0.25, 0.3) is 44.7 Å². The Kier molecular flexibility index (Phi) is 51.3. The van der Waals surface area contributed by atoms with Gasteiger partial charge in [0.05, 0.1) is 105 Å². The van der Waals surface area contributed by atoms with Gasteiger partial charge in [-0.25, -0.2) is 19.9 Å². The first-order chi connectivity index (χ1) is 67.7. The van der Waals surface area contributed by atoms with E-state index in [9.17, 15) is 56.6 Å². The third kappa shape index (κ3) is 41.1. The van der Waals surface area contributed by atoms with E-state index in [4.69, 9.17) is 89.7 Å². The number of imidazole rings is 4. The zero-order valence-electron chi connectivity index (χ0n) is 77.4. The van der Waals surface area contributed by atoms with Crippen LogP contribution in [0.1, 0.15) is 101 Å². The number of ether oxygens (including phenoxy) is 4. The van der Waals surface area contributed by atoms with Crippen LogP contribution >= 0.6 is 137 Å². The van der Waals surface area contributed by atoms with Gasteiger partial charge in [-0.15, -0.1) is 0 Å². The van der Waals surface area contributed by atoms with Crippen LogP contribution in [0.4, 0.5) is 23.8 Å². The van der Waals surface area contributed by atoms with Gasteiger partial charge < -0.3 is 96.3 Å². The Hall–Kier alpha value is -9.05. The maximum Gasteiger partial charge on any atom is 0.356 e. The lowest BCUT2D eigenvalue weighted by atomic mass is 10.00. The average molecular weight is 2380 g/mol. The third-order valence-corrected chi connectivity index (χ3v) is 30.8. The summed E-state index contributed by atoms with van der Waals surface area (Å²) in [4.78, 5) is 137. The molecule has 0 amide bonds. The van der Waals surface area contributed by atoms with Crippen LogP contribution in [-0.4, -0.2) is 200 Å². The van der Waals surface area contributed by atoms with E-state index in [1.54, 1.807) is 61.6 Å². The molecule has 0 saturated carbocycles. The van der Waals surface area contributed by atoms with Gasteiger partial charge in [0, 0.05) is 92.0 Å². The molecule has 0 saturated heterocycles. The second-order valence-corrected chi connectivity index (χ2v) is 46.8. The summed E-state index contributed by atoms with van der Waals surface area (Å²) in [5.41, 5.74) is 27.0. The van der Waals surface area contributed by atoms with Crippen molar-refractivity contribution in [3.05, 3.63) is 240 Å². The number of aromatic amines is 4. The molecule has 788 valence electrons. The molecular formula is C89H116Br3ClN20O24P4S4. The van der Waals surface area contributed by atoms with Crippen LogP contribution in [0.15, 0.2) is 179 Å². The maximum absolute atomic E-state index is 13.5. The highest BCUT2D eigenvalue weighted by Crippen LogP contribution is 2.52. The monoisotopic (exact) mass is 2370 g/mol. The normalized spacial score (nSPS) is 13.0. The molecule has 13 rings (SSSR count). The van der Waals surface area contributed by atoms with Gasteiger partial charge in [-0.05, 0) is 77.7 Å². The van der Waals surface area contributed by atoms with Crippen LogP contribution < -0.4 is 45.2 Å². The highest BCUT2D eigenvalue weighted by molar-refractivity contribution is 9.11. The summed E-state index contributed by atoms with van der Waals surface area (Å²) in [5, 5.41) is 0.415.